The van der Waals surface area contributed by atoms with Gasteiger partial charge in [-0.2, -0.15) is 4.31 Å². The number of carboxylic acid groups (broad SMARTS) is 1. The van der Waals surface area contributed by atoms with Gasteiger partial charge >= 0.3 is 5.97 Å². The van der Waals surface area contributed by atoms with E-state index in [0.717, 1.165) is 16.6 Å². The fourth-order valence-electron chi connectivity index (χ4n) is 2.69. The van der Waals surface area contributed by atoms with Crippen LogP contribution in [0.25, 0.3) is 0 Å². The van der Waals surface area contributed by atoms with Crippen LogP contribution in [0, 0.1) is 11.8 Å². The molecule has 0 bridgehead atoms. The summed E-state index contributed by atoms with van der Waals surface area (Å²) < 4.78 is 49.8. The van der Waals surface area contributed by atoms with E-state index in [9.17, 15) is 21.6 Å². The molecule has 1 N–H and O–H groups in total. The average Bonchev–Trinajstić information content (AvgIpc) is 2.45. The van der Waals surface area contributed by atoms with Gasteiger partial charge in [-0.1, -0.05) is 13.0 Å². The summed E-state index contributed by atoms with van der Waals surface area (Å²) in [6, 6.07) is 5.12. The number of carboxylic acids is 1. The minimum absolute atomic E-state index is 0.0848. The molecule has 1 aromatic rings. The van der Waals surface area contributed by atoms with Crippen molar-refractivity contribution >= 4 is 25.8 Å². The number of hydrogen-bond donors (Lipinski definition) is 1. The maximum absolute atomic E-state index is 12.7. The van der Waals surface area contributed by atoms with E-state index in [-0.39, 0.29) is 28.8 Å². The summed E-state index contributed by atoms with van der Waals surface area (Å²) in [6.45, 7) is 1.91. The Kier molecular flexibility index (Phi) is 4.84. The summed E-state index contributed by atoms with van der Waals surface area (Å²) in [7, 11) is -7.47. The van der Waals surface area contributed by atoms with E-state index in [1.807, 2.05) is 0 Å². The molecule has 0 amide bonds. The third-order valence-corrected chi connectivity index (χ3v) is 6.78. The zero-order valence-corrected chi connectivity index (χ0v) is 14.5. The van der Waals surface area contributed by atoms with Gasteiger partial charge in [0.2, 0.25) is 10.0 Å². The van der Waals surface area contributed by atoms with Gasteiger partial charge in [-0.3, -0.25) is 4.79 Å². The molecule has 9 heteroatoms. The second kappa shape index (κ2) is 6.21. The van der Waals surface area contributed by atoms with Crippen molar-refractivity contribution in [2.45, 2.75) is 23.1 Å². The predicted molar refractivity (Wildman–Crippen MR) is 83.2 cm³/mol. The molecule has 23 heavy (non-hydrogen) atoms. The van der Waals surface area contributed by atoms with Gasteiger partial charge in [0, 0.05) is 19.3 Å². The van der Waals surface area contributed by atoms with Crippen molar-refractivity contribution in [2.75, 3.05) is 19.3 Å². The first-order valence-electron chi connectivity index (χ1n) is 7.05. The third-order valence-electron chi connectivity index (χ3n) is 3.85. The van der Waals surface area contributed by atoms with Gasteiger partial charge in [-0.25, -0.2) is 16.8 Å². The lowest BCUT2D eigenvalue weighted by molar-refractivity contribution is -0.143. The van der Waals surface area contributed by atoms with E-state index >= 15 is 0 Å². The van der Waals surface area contributed by atoms with Crippen molar-refractivity contribution in [1.82, 2.24) is 4.31 Å². The third kappa shape index (κ3) is 3.91. The summed E-state index contributed by atoms with van der Waals surface area (Å²) in [5.74, 6) is -1.87. The van der Waals surface area contributed by atoms with E-state index in [1.54, 1.807) is 6.92 Å². The maximum Gasteiger partial charge on any atom is 0.307 e. The quantitative estimate of drug-likeness (QED) is 0.850. The van der Waals surface area contributed by atoms with Crippen molar-refractivity contribution in [1.29, 1.82) is 0 Å². The molecule has 7 nitrogen and oxygen atoms in total. The molecule has 2 rings (SSSR count). The maximum atomic E-state index is 12.7. The number of aliphatic carboxylic acids is 1. The van der Waals surface area contributed by atoms with Gasteiger partial charge in [-0.05, 0) is 30.5 Å². The zero-order chi connectivity index (χ0) is 17.4. The van der Waals surface area contributed by atoms with Crippen LogP contribution in [0.4, 0.5) is 0 Å². The van der Waals surface area contributed by atoms with Crippen molar-refractivity contribution in [3.8, 4) is 0 Å². The Morgan fingerprint density at radius 1 is 1.17 bits per heavy atom. The van der Waals surface area contributed by atoms with Gasteiger partial charge in [0.15, 0.2) is 9.84 Å². The second-order valence-corrected chi connectivity index (χ2v) is 9.90. The first-order valence-corrected chi connectivity index (χ1v) is 10.4. The Morgan fingerprint density at radius 3 is 2.35 bits per heavy atom. The van der Waals surface area contributed by atoms with Crippen LogP contribution in [0.15, 0.2) is 34.1 Å². The fourth-order valence-corrected chi connectivity index (χ4v) is 5.09. The molecule has 2 atom stereocenters. The zero-order valence-electron chi connectivity index (χ0n) is 12.8. The molecule has 1 aliphatic rings. The number of piperidine rings is 1. The number of benzene rings is 1. The van der Waals surface area contributed by atoms with Gasteiger partial charge in [0.1, 0.15) is 0 Å². The van der Waals surface area contributed by atoms with Crippen LogP contribution in [0.5, 0.6) is 0 Å². The van der Waals surface area contributed by atoms with Crippen LogP contribution < -0.4 is 0 Å². The Bertz CT molecular complexity index is 815. The molecule has 0 saturated carbocycles. The average molecular weight is 361 g/mol. The van der Waals surface area contributed by atoms with Crippen LogP contribution in [0.3, 0.4) is 0 Å². The monoisotopic (exact) mass is 361 g/mol. The Morgan fingerprint density at radius 2 is 1.78 bits per heavy atom. The van der Waals surface area contributed by atoms with Crippen molar-refractivity contribution in [3.63, 3.8) is 0 Å². The number of hydrogen-bond acceptors (Lipinski definition) is 5. The molecule has 1 saturated heterocycles. The minimum atomic E-state index is -3.94. The summed E-state index contributed by atoms with van der Waals surface area (Å²) in [4.78, 5) is 11.0. The minimum Gasteiger partial charge on any atom is -0.481 e. The van der Waals surface area contributed by atoms with Crippen molar-refractivity contribution in [3.05, 3.63) is 24.3 Å². The first kappa shape index (κ1) is 17.9. The van der Waals surface area contributed by atoms with E-state index < -0.39 is 31.7 Å². The predicted octanol–water partition coefficient (Wildman–Crippen LogP) is 0.821. The first-order chi connectivity index (χ1) is 10.5. The summed E-state index contributed by atoms with van der Waals surface area (Å²) >= 11 is 0. The number of rotatable bonds is 4. The fraction of sp³-hybridized carbons (Fsp3) is 0.500. The second-order valence-electron chi connectivity index (χ2n) is 5.95. The van der Waals surface area contributed by atoms with Crippen molar-refractivity contribution < 1.29 is 26.7 Å². The molecule has 0 spiro atoms. The molecule has 128 valence electrons. The Hall–Kier alpha value is -1.45. The van der Waals surface area contributed by atoms with E-state index in [1.165, 1.54) is 18.2 Å². The number of carbonyl (C=O) groups is 1. The molecule has 0 aromatic heterocycles. The molecule has 1 aliphatic heterocycles. The van der Waals surface area contributed by atoms with Crippen LogP contribution in [-0.4, -0.2) is 51.6 Å². The highest BCUT2D eigenvalue weighted by atomic mass is 32.2. The molecule has 2 unspecified atom stereocenters. The lowest BCUT2D eigenvalue weighted by atomic mass is 9.92. The van der Waals surface area contributed by atoms with Gasteiger partial charge < -0.3 is 5.11 Å². The van der Waals surface area contributed by atoms with Gasteiger partial charge in [-0.15, -0.1) is 0 Å². The highest BCUT2D eigenvalue weighted by Crippen LogP contribution is 2.28. The Balaban J connectivity index is 2.40. The van der Waals surface area contributed by atoms with Crippen LogP contribution in [0.2, 0.25) is 0 Å². The highest BCUT2D eigenvalue weighted by Gasteiger charge is 2.36. The van der Waals surface area contributed by atoms with Crippen molar-refractivity contribution in [2.24, 2.45) is 11.8 Å². The lowest BCUT2D eigenvalue weighted by Crippen LogP contribution is -2.45. The van der Waals surface area contributed by atoms with Crippen LogP contribution in [0.1, 0.15) is 13.3 Å². The van der Waals surface area contributed by atoms with Crippen LogP contribution >= 0.6 is 0 Å². The molecular weight excluding hydrogens is 342 g/mol. The topological polar surface area (TPSA) is 109 Å². The SMILES string of the molecule is CC1CC(C(=O)O)CN(S(=O)(=O)c2cccc(S(C)(=O)=O)c2)C1. The molecule has 0 aliphatic carbocycles. The smallest absolute Gasteiger partial charge is 0.307 e. The number of nitrogens with zero attached hydrogens (tertiary/aromatic N) is 1. The van der Waals surface area contributed by atoms with Gasteiger partial charge in [0.05, 0.1) is 15.7 Å². The molecule has 0 radical (unpaired) electrons. The molecule has 1 fully saturated rings. The van der Waals surface area contributed by atoms with E-state index in [4.69, 9.17) is 5.11 Å². The summed E-state index contributed by atoms with van der Waals surface area (Å²) in [6.07, 6.45) is 1.42. The van der Waals surface area contributed by atoms with Gasteiger partial charge in [0.25, 0.3) is 0 Å². The molecule has 1 heterocycles. The number of sulfonamides is 1. The summed E-state index contributed by atoms with van der Waals surface area (Å²) in [5.41, 5.74) is 0. The highest BCUT2D eigenvalue weighted by molar-refractivity contribution is 7.91. The lowest BCUT2D eigenvalue weighted by Gasteiger charge is -2.33. The number of sulfone groups is 1. The summed E-state index contributed by atoms with van der Waals surface area (Å²) in [5, 5.41) is 9.16. The standard InChI is InChI=1S/C14H19NO6S2/c1-10-6-11(14(16)17)9-15(8-10)23(20,21)13-5-3-4-12(7-13)22(2,18)19/h3-5,7,10-11H,6,8-9H2,1-2H3,(H,16,17). The largest absolute Gasteiger partial charge is 0.481 e. The van der Waals surface area contributed by atoms with E-state index in [2.05, 4.69) is 0 Å². The Labute approximate surface area is 135 Å². The van der Waals surface area contributed by atoms with E-state index in [0.29, 0.717) is 6.42 Å². The van der Waals surface area contributed by atoms with Crippen LogP contribution in [-0.2, 0) is 24.7 Å². The molecule has 1 aromatic carbocycles. The normalized spacial score (nSPS) is 23.6. The molecular formula is C14H19NO6S2.